The maximum atomic E-state index is 13.7. The quantitative estimate of drug-likeness (QED) is 0.651. The number of amides is 2. The fourth-order valence-electron chi connectivity index (χ4n) is 2.44. The van der Waals surface area contributed by atoms with Gasteiger partial charge in [-0.25, -0.2) is 17.9 Å². The average Bonchev–Trinajstić information content (AvgIpc) is 2.60. The summed E-state index contributed by atoms with van der Waals surface area (Å²) in [5, 5.41) is 10.3. The van der Waals surface area contributed by atoms with E-state index in [0.29, 0.717) is 6.54 Å². The second-order valence-corrected chi connectivity index (χ2v) is 8.21. The summed E-state index contributed by atoms with van der Waals surface area (Å²) in [5.74, 6) is -1.46. The van der Waals surface area contributed by atoms with Gasteiger partial charge in [0.25, 0.3) is 5.91 Å². The van der Waals surface area contributed by atoms with Gasteiger partial charge in [-0.15, -0.1) is 0 Å². The molecule has 4 N–H and O–H groups in total. The van der Waals surface area contributed by atoms with Crippen molar-refractivity contribution in [1.29, 1.82) is 0 Å². The van der Waals surface area contributed by atoms with Crippen molar-refractivity contribution in [2.24, 2.45) is 11.1 Å². The molecular formula is C19H22FN3O4S. The fourth-order valence-corrected chi connectivity index (χ4v) is 3.19. The summed E-state index contributed by atoms with van der Waals surface area (Å²) in [6, 6.07) is 9.61. The SMILES string of the molecule is CC(C)CNC(=O)c1ccc(NC(=O)Cc2ccccc2F)cc1S(N)(=O)=O. The minimum atomic E-state index is -4.21. The number of rotatable bonds is 7. The van der Waals surface area contributed by atoms with E-state index in [9.17, 15) is 22.4 Å². The van der Waals surface area contributed by atoms with Crippen LogP contribution in [0.5, 0.6) is 0 Å². The predicted molar refractivity (Wildman–Crippen MR) is 104 cm³/mol. The molecule has 2 rings (SSSR count). The molecule has 150 valence electrons. The molecule has 7 nitrogen and oxygen atoms in total. The Labute approximate surface area is 163 Å². The summed E-state index contributed by atoms with van der Waals surface area (Å²) in [6.07, 6.45) is -0.228. The molecule has 0 saturated heterocycles. The molecule has 0 bridgehead atoms. The highest BCUT2D eigenvalue weighted by molar-refractivity contribution is 7.89. The number of benzene rings is 2. The van der Waals surface area contributed by atoms with Gasteiger partial charge < -0.3 is 10.6 Å². The molecule has 0 spiro atoms. The van der Waals surface area contributed by atoms with Crippen LogP contribution < -0.4 is 15.8 Å². The normalized spacial score (nSPS) is 11.3. The zero-order valence-electron chi connectivity index (χ0n) is 15.5. The maximum Gasteiger partial charge on any atom is 0.252 e. The zero-order valence-corrected chi connectivity index (χ0v) is 16.3. The van der Waals surface area contributed by atoms with Crippen LogP contribution in [-0.2, 0) is 21.2 Å². The number of sulfonamides is 1. The molecule has 0 fully saturated rings. The van der Waals surface area contributed by atoms with E-state index in [0.717, 1.165) is 6.07 Å². The molecule has 2 aromatic carbocycles. The summed E-state index contributed by atoms with van der Waals surface area (Å²) in [4.78, 5) is 24.0. The van der Waals surface area contributed by atoms with Crippen LogP contribution >= 0.6 is 0 Å². The fraction of sp³-hybridized carbons (Fsp3) is 0.263. The van der Waals surface area contributed by atoms with Crippen molar-refractivity contribution >= 4 is 27.5 Å². The van der Waals surface area contributed by atoms with Gasteiger partial charge in [0.1, 0.15) is 5.82 Å². The van der Waals surface area contributed by atoms with E-state index in [1.807, 2.05) is 13.8 Å². The predicted octanol–water partition coefficient (Wildman–Crippen LogP) is 2.04. The third-order valence-electron chi connectivity index (χ3n) is 3.80. The Kier molecular flexibility index (Phi) is 6.87. The summed E-state index contributed by atoms with van der Waals surface area (Å²) >= 11 is 0. The topological polar surface area (TPSA) is 118 Å². The maximum absolute atomic E-state index is 13.7. The lowest BCUT2D eigenvalue weighted by atomic mass is 10.1. The summed E-state index contributed by atoms with van der Waals surface area (Å²) in [5.41, 5.74) is 0.220. The molecule has 2 aromatic rings. The van der Waals surface area contributed by atoms with Gasteiger partial charge in [0.2, 0.25) is 15.9 Å². The smallest absolute Gasteiger partial charge is 0.252 e. The number of hydrogen-bond donors (Lipinski definition) is 3. The van der Waals surface area contributed by atoms with Crippen molar-refractivity contribution in [2.45, 2.75) is 25.2 Å². The standard InChI is InChI=1S/C19H22FN3O4S/c1-12(2)11-22-19(25)15-8-7-14(10-17(15)28(21,26)27)23-18(24)9-13-5-3-4-6-16(13)20/h3-8,10,12H,9,11H2,1-2H3,(H,22,25)(H,23,24)(H2,21,26,27). The molecule has 0 unspecified atom stereocenters. The minimum Gasteiger partial charge on any atom is -0.352 e. The molecule has 0 radical (unpaired) electrons. The molecule has 0 aliphatic carbocycles. The Balaban J connectivity index is 2.23. The summed E-state index contributed by atoms with van der Waals surface area (Å²) in [6.45, 7) is 4.16. The van der Waals surface area contributed by atoms with Gasteiger partial charge in [0.05, 0.1) is 16.9 Å². The Hall–Kier alpha value is -2.78. The highest BCUT2D eigenvalue weighted by Crippen LogP contribution is 2.20. The first-order valence-electron chi connectivity index (χ1n) is 8.56. The van der Waals surface area contributed by atoms with Crippen molar-refractivity contribution in [1.82, 2.24) is 5.32 Å². The Bertz CT molecular complexity index is 990. The zero-order chi connectivity index (χ0) is 20.9. The first-order valence-corrected chi connectivity index (χ1v) is 10.1. The van der Waals surface area contributed by atoms with E-state index >= 15 is 0 Å². The first kappa shape index (κ1) is 21.5. The number of hydrogen-bond acceptors (Lipinski definition) is 4. The van der Waals surface area contributed by atoms with E-state index < -0.39 is 32.6 Å². The lowest BCUT2D eigenvalue weighted by Gasteiger charge is -2.13. The number of carbonyl (C=O) groups excluding carboxylic acids is 2. The molecule has 0 atom stereocenters. The largest absolute Gasteiger partial charge is 0.352 e. The van der Waals surface area contributed by atoms with E-state index in [-0.39, 0.29) is 29.2 Å². The molecule has 9 heteroatoms. The van der Waals surface area contributed by atoms with Crippen LogP contribution in [0.15, 0.2) is 47.4 Å². The van der Waals surface area contributed by atoms with Crippen molar-refractivity contribution in [2.75, 3.05) is 11.9 Å². The van der Waals surface area contributed by atoms with Crippen LogP contribution in [0.2, 0.25) is 0 Å². The number of carbonyl (C=O) groups is 2. The van der Waals surface area contributed by atoms with Crippen molar-refractivity contribution < 1.29 is 22.4 Å². The van der Waals surface area contributed by atoms with Gasteiger partial charge in [0.15, 0.2) is 0 Å². The van der Waals surface area contributed by atoms with E-state index in [1.165, 1.54) is 30.3 Å². The van der Waals surface area contributed by atoms with Crippen LogP contribution in [0, 0.1) is 11.7 Å². The van der Waals surface area contributed by atoms with Gasteiger partial charge in [0, 0.05) is 12.2 Å². The van der Waals surface area contributed by atoms with Crippen molar-refractivity contribution in [3.63, 3.8) is 0 Å². The number of anilines is 1. The van der Waals surface area contributed by atoms with Gasteiger partial charge in [-0.2, -0.15) is 0 Å². The molecule has 2 amide bonds. The third kappa shape index (κ3) is 5.86. The molecule has 0 heterocycles. The number of primary sulfonamides is 1. The van der Waals surface area contributed by atoms with Crippen LogP contribution in [0.3, 0.4) is 0 Å². The van der Waals surface area contributed by atoms with E-state index in [4.69, 9.17) is 5.14 Å². The van der Waals surface area contributed by atoms with Crippen LogP contribution in [0.1, 0.15) is 29.8 Å². The Morgan fingerprint density at radius 2 is 1.82 bits per heavy atom. The summed E-state index contributed by atoms with van der Waals surface area (Å²) in [7, 11) is -4.21. The molecule has 0 aliphatic heterocycles. The molecule has 0 aliphatic rings. The van der Waals surface area contributed by atoms with Crippen LogP contribution in [-0.4, -0.2) is 26.8 Å². The van der Waals surface area contributed by atoms with E-state index in [2.05, 4.69) is 10.6 Å². The highest BCUT2D eigenvalue weighted by atomic mass is 32.2. The summed E-state index contributed by atoms with van der Waals surface area (Å²) < 4.78 is 37.5. The lowest BCUT2D eigenvalue weighted by molar-refractivity contribution is -0.115. The third-order valence-corrected chi connectivity index (χ3v) is 4.75. The second-order valence-electron chi connectivity index (χ2n) is 6.68. The van der Waals surface area contributed by atoms with Gasteiger partial charge >= 0.3 is 0 Å². The average molecular weight is 407 g/mol. The van der Waals surface area contributed by atoms with Crippen molar-refractivity contribution in [3.8, 4) is 0 Å². The first-order chi connectivity index (χ1) is 13.1. The molecule has 0 aromatic heterocycles. The molecule has 28 heavy (non-hydrogen) atoms. The van der Waals surface area contributed by atoms with Gasteiger partial charge in [-0.1, -0.05) is 32.0 Å². The Morgan fingerprint density at radius 3 is 2.43 bits per heavy atom. The lowest BCUT2D eigenvalue weighted by Crippen LogP contribution is -2.29. The van der Waals surface area contributed by atoms with Gasteiger partial charge in [-0.3, -0.25) is 9.59 Å². The number of nitrogens with one attached hydrogen (secondary N) is 2. The number of halogens is 1. The molecule has 0 saturated carbocycles. The highest BCUT2D eigenvalue weighted by Gasteiger charge is 2.21. The van der Waals surface area contributed by atoms with Gasteiger partial charge in [-0.05, 0) is 35.7 Å². The Morgan fingerprint density at radius 1 is 1.14 bits per heavy atom. The number of nitrogens with two attached hydrogens (primary N) is 1. The minimum absolute atomic E-state index is 0.116. The van der Waals surface area contributed by atoms with E-state index in [1.54, 1.807) is 6.07 Å². The van der Waals surface area contributed by atoms with Crippen molar-refractivity contribution in [3.05, 3.63) is 59.4 Å². The molecular weight excluding hydrogens is 385 g/mol. The second kappa shape index (κ2) is 8.94. The monoisotopic (exact) mass is 407 g/mol. The van der Waals surface area contributed by atoms with Crippen LogP contribution in [0.4, 0.5) is 10.1 Å². The van der Waals surface area contributed by atoms with Crippen LogP contribution in [0.25, 0.3) is 0 Å².